The van der Waals surface area contributed by atoms with Gasteiger partial charge in [0.25, 0.3) is 5.91 Å². The highest BCUT2D eigenvalue weighted by atomic mass is 16.3. The van der Waals surface area contributed by atoms with Gasteiger partial charge in [-0.15, -0.1) is 0 Å². The Hall–Kier alpha value is -3.29. The first-order chi connectivity index (χ1) is 17.2. The van der Waals surface area contributed by atoms with E-state index in [1.807, 2.05) is 37.4 Å². The second-order valence-corrected chi connectivity index (χ2v) is 10.6. The number of carbonyl (C=O) groups excluding carboxylic acids is 1. The first-order valence-electron chi connectivity index (χ1n) is 12.7. The van der Waals surface area contributed by atoms with Crippen LogP contribution in [0.1, 0.15) is 59.2 Å². The molecule has 36 heavy (non-hydrogen) atoms. The van der Waals surface area contributed by atoms with E-state index in [0.29, 0.717) is 36.0 Å². The monoisotopic (exact) mass is 489 g/mol. The maximum Gasteiger partial charge on any atom is 0.251 e. The lowest BCUT2D eigenvalue weighted by Gasteiger charge is -2.34. The number of allylic oxidation sites excluding steroid dienone is 1. The minimum atomic E-state index is -1.13. The summed E-state index contributed by atoms with van der Waals surface area (Å²) in [5.41, 5.74) is 7.78. The lowest BCUT2D eigenvalue weighted by Crippen LogP contribution is -2.44. The van der Waals surface area contributed by atoms with Gasteiger partial charge < -0.3 is 31.7 Å². The van der Waals surface area contributed by atoms with Crippen LogP contribution >= 0.6 is 0 Å². The molecule has 0 radical (unpaired) electrons. The summed E-state index contributed by atoms with van der Waals surface area (Å²) in [6.07, 6.45) is 8.97. The van der Waals surface area contributed by atoms with Crippen LogP contribution in [0, 0.1) is 12.8 Å². The SMILES string of the molecule is C=C1C2(O)CCC(NC(=O)c3ccc4c(c3)NC=CC4)CC12c1c(C)ccc(O)c1O.NCC1CC1. The molecule has 0 bridgehead atoms. The molecule has 1 aliphatic heterocycles. The molecule has 3 saturated carbocycles. The largest absolute Gasteiger partial charge is 0.504 e. The zero-order valence-electron chi connectivity index (χ0n) is 20.7. The number of anilines is 1. The van der Waals surface area contributed by atoms with Crippen molar-refractivity contribution in [2.24, 2.45) is 11.7 Å². The molecule has 3 aliphatic carbocycles. The van der Waals surface area contributed by atoms with Crippen LogP contribution < -0.4 is 16.4 Å². The molecule has 0 aromatic heterocycles. The molecule has 3 fully saturated rings. The fraction of sp³-hybridized carbons (Fsp3) is 0.414. The van der Waals surface area contributed by atoms with E-state index in [0.717, 1.165) is 35.7 Å². The lowest BCUT2D eigenvalue weighted by atomic mass is 9.76. The quantitative estimate of drug-likeness (QED) is 0.287. The summed E-state index contributed by atoms with van der Waals surface area (Å²) in [5.74, 6) is 0.291. The first kappa shape index (κ1) is 24.4. The number of hydrogen-bond acceptors (Lipinski definition) is 6. The Morgan fingerprint density at radius 3 is 2.69 bits per heavy atom. The zero-order valence-corrected chi connectivity index (χ0v) is 20.7. The molecule has 4 aliphatic rings. The van der Waals surface area contributed by atoms with Crippen molar-refractivity contribution in [3.63, 3.8) is 0 Å². The third-order valence-corrected chi connectivity index (χ3v) is 8.29. The highest BCUT2D eigenvalue weighted by molar-refractivity contribution is 5.95. The van der Waals surface area contributed by atoms with Crippen molar-refractivity contribution in [3.05, 3.63) is 77.0 Å². The Balaban J connectivity index is 0.000000477. The normalized spacial score (nSPS) is 27.6. The Kier molecular flexibility index (Phi) is 6.09. The summed E-state index contributed by atoms with van der Waals surface area (Å²) in [6.45, 7) is 6.85. The Bertz CT molecular complexity index is 1250. The van der Waals surface area contributed by atoms with E-state index in [-0.39, 0.29) is 23.4 Å². The maximum atomic E-state index is 13.0. The van der Waals surface area contributed by atoms with Crippen molar-refractivity contribution in [3.8, 4) is 11.5 Å². The van der Waals surface area contributed by atoms with Crippen LogP contribution in [-0.4, -0.2) is 39.4 Å². The van der Waals surface area contributed by atoms with Crippen LogP contribution in [0.15, 0.2) is 54.8 Å². The minimum absolute atomic E-state index is 0.173. The molecule has 7 heteroatoms. The van der Waals surface area contributed by atoms with Gasteiger partial charge in [0.05, 0.1) is 5.41 Å². The standard InChI is InChI=1S/C25H26N2O4.C4H9N/c1-14-5-8-20(28)22(29)21(14)24-13-18(9-10-25(24,31)15(24)2)27-23(30)17-7-6-16-4-3-11-26-19(16)12-17;5-3-4-1-2-4/h3,5-8,11-12,18,26,28-29,31H,2,4,9-10,13H2,1H3,(H,27,30);4H,1-3,5H2. The molecule has 6 rings (SSSR count). The second-order valence-electron chi connectivity index (χ2n) is 10.6. The number of rotatable bonds is 4. The van der Waals surface area contributed by atoms with Gasteiger partial charge in [0, 0.05) is 22.9 Å². The van der Waals surface area contributed by atoms with Gasteiger partial charge in [-0.05, 0) is 99.0 Å². The van der Waals surface area contributed by atoms with Crippen molar-refractivity contribution in [1.82, 2.24) is 5.32 Å². The number of hydrogen-bond donors (Lipinski definition) is 6. The van der Waals surface area contributed by atoms with Crippen LogP contribution in [0.5, 0.6) is 11.5 Å². The summed E-state index contributed by atoms with van der Waals surface area (Å²) >= 11 is 0. The van der Waals surface area contributed by atoms with Crippen LogP contribution in [0.25, 0.3) is 0 Å². The molecule has 190 valence electrons. The number of benzene rings is 2. The molecule has 3 unspecified atom stereocenters. The molecule has 7 N–H and O–H groups in total. The van der Waals surface area contributed by atoms with Gasteiger partial charge in [0.15, 0.2) is 11.5 Å². The van der Waals surface area contributed by atoms with Gasteiger partial charge in [0.1, 0.15) is 5.60 Å². The van der Waals surface area contributed by atoms with Crippen LogP contribution in [-0.2, 0) is 11.8 Å². The topological polar surface area (TPSA) is 128 Å². The fourth-order valence-electron chi connectivity index (χ4n) is 5.88. The predicted molar refractivity (Wildman–Crippen MR) is 140 cm³/mol. The number of aliphatic hydroxyl groups is 1. The smallest absolute Gasteiger partial charge is 0.251 e. The Morgan fingerprint density at radius 2 is 2.00 bits per heavy atom. The van der Waals surface area contributed by atoms with E-state index in [1.54, 1.807) is 6.07 Å². The number of carbonyl (C=O) groups is 1. The number of phenols is 2. The number of fused-ring (bicyclic) bond motifs is 2. The van der Waals surface area contributed by atoms with E-state index in [9.17, 15) is 20.1 Å². The van der Waals surface area contributed by atoms with Gasteiger partial charge in [-0.1, -0.05) is 24.8 Å². The van der Waals surface area contributed by atoms with Crippen LogP contribution in [0.2, 0.25) is 0 Å². The molecule has 2 aromatic rings. The molecule has 0 spiro atoms. The van der Waals surface area contributed by atoms with Crippen molar-refractivity contribution >= 4 is 11.6 Å². The zero-order chi connectivity index (χ0) is 25.7. The van der Waals surface area contributed by atoms with Crippen molar-refractivity contribution < 1.29 is 20.1 Å². The average molecular weight is 490 g/mol. The number of aromatic hydroxyl groups is 2. The summed E-state index contributed by atoms with van der Waals surface area (Å²) in [5, 5.41) is 38.2. The van der Waals surface area contributed by atoms with Gasteiger partial charge in [-0.2, -0.15) is 0 Å². The molecule has 1 amide bonds. The number of nitrogens with two attached hydrogens (primary N) is 1. The molecular weight excluding hydrogens is 454 g/mol. The summed E-state index contributed by atoms with van der Waals surface area (Å²) in [7, 11) is 0. The molecular formula is C29H35N3O4. The van der Waals surface area contributed by atoms with E-state index < -0.39 is 11.0 Å². The number of amides is 1. The second kappa shape index (κ2) is 8.98. The van der Waals surface area contributed by atoms with Gasteiger partial charge in [-0.3, -0.25) is 4.79 Å². The van der Waals surface area contributed by atoms with Crippen molar-refractivity contribution in [1.29, 1.82) is 0 Å². The average Bonchev–Trinajstić information content (AvgIpc) is 3.79. The Labute approximate surface area is 211 Å². The Morgan fingerprint density at radius 1 is 1.22 bits per heavy atom. The van der Waals surface area contributed by atoms with E-state index in [4.69, 9.17) is 5.73 Å². The maximum absolute atomic E-state index is 13.0. The van der Waals surface area contributed by atoms with Gasteiger partial charge in [0.2, 0.25) is 0 Å². The van der Waals surface area contributed by atoms with E-state index >= 15 is 0 Å². The molecule has 0 saturated heterocycles. The van der Waals surface area contributed by atoms with Gasteiger partial charge in [-0.25, -0.2) is 0 Å². The molecule has 7 nitrogen and oxygen atoms in total. The van der Waals surface area contributed by atoms with Crippen LogP contribution in [0.3, 0.4) is 0 Å². The van der Waals surface area contributed by atoms with Gasteiger partial charge >= 0.3 is 0 Å². The summed E-state index contributed by atoms with van der Waals surface area (Å²) < 4.78 is 0. The highest BCUT2D eigenvalue weighted by Gasteiger charge is 2.74. The number of phenolic OH excluding ortho intramolecular Hbond substituents is 2. The third-order valence-electron chi connectivity index (χ3n) is 8.29. The highest BCUT2D eigenvalue weighted by Crippen LogP contribution is 2.71. The third kappa shape index (κ3) is 3.96. The summed E-state index contributed by atoms with van der Waals surface area (Å²) in [4.78, 5) is 13.0. The number of aryl methyl sites for hydroxylation is 1. The fourth-order valence-corrected chi connectivity index (χ4v) is 5.88. The number of nitrogens with one attached hydrogen (secondary N) is 2. The van der Waals surface area contributed by atoms with Crippen LogP contribution in [0.4, 0.5) is 5.69 Å². The van der Waals surface area contributed by atoms with Crippen molar-refractivity contribution in [2.45, 2.75) is 62.5 Å². The van der Waals surface area contributed by atoms with E-state index in [2.05, 4.69) is 17.2 Å². The summed E-state index contributed by atoms with van der Waals surface area (Å²) in [6, 6.07) is 8.60. The lowest BCUT2D eigenvalue weighted by molar-refractivity contribution is 0.0736. The molecule has 1 heterocycles. The van der Waals surface area contributed by atoms with Crippen molar-refractivity contribution in [2.75, 3.05) is 11.9 Å². The minimum Gasteiger partial charge on any atom is -0.504 e. The predicted octanol–water partition coefficient (Wildman–Crippen LogP) is 3.76. The molecule has 3 atom stereocenters. The first-order valence-corrected chi connectivity index (χ1v) is 12.7. The molecule has 2 aromatic carbocycles. The van der Waals surface area contributed by atoms with E-state index in [1.165, 1.54) is 18.9 Å².